The summed E-state index contributed by atoms with van der Waals surface area (Å²) in [5, 5.41) is 3.18. The van der Waals surface area contributed by atoms with Gasteiger partial charge >= 0.3 is 5.97 Å². The molecule has 7 nitrogen and oxygen atoms in total. The number of benzene rings is 1. The number of methoxy groups -OCH3 is 1. The van der Waals surface area contributed by atoms with Crippen molar-refractivity contribution in [3.05, 3.63) is 40.9 Å². The molecule has 2 rings (SSSR count). The first-order chi connectivity index (χ1) is 12.1. The van der Waals surface area contributed by atoms with Gasteiger partial charge in [-0.1, -0.05) is 12.1 Å². The van der Waals surface area contributed by atoms with Crippen LogP contribution < -0.4 is 10.9 Å². The molecule has 0 spiro atoms. The molecule has 0 saturated heterocycles. The van der Waals surface area contributed by atoms with Gasteiger partial charge in [0.15, 0.2) is 0 Å². The van der Waals surface area contributed by atoms with E-state index in [0.717, 1.165) is 5.75 Å². The van der Waals surface area contributed by atoms with Crippen molar-refractivity contribution < 1.29 is 14.3 Å². The molecule has 1 atom stereocenters. The second kappa shape index (κ2) is 9.22. The van der Waals surface area contributed by atoms with E-state index < -0.39 is 12.0 Å². The summed E-state index contributed by atoms with van der Waals surface area (Å²) in [6, 6.07) is 6.39. The molecule has 8 heteroatoms. The summed E-state index contributed by atoms with van der Waals surface area (Å²) in [5.74, 6) is -0.0443. The smallest absolute Gasteiger partial charge is 0.328 e. The molecule has 0 aliphatic carbocycles. The molecule has 0 radical (unpaired) electrons. The number of nitrogens with one attached hydrogen (secondary N) is 1. The van der Waals surface area contributed by atoms with E-state index >= 15 is 0 Å². The summed E-state index contributed by atoms with van der Waals surface area (Å²) in [6.45, 7) is 0.193. The van der Waals surface area contributed by atoms with Gasteiger partial charge in [0.1, 0.15) is 6.04 Å². The van der Waals surface area contributed by atoms with Crippen molar-refractivity contribution in [2.24, 2.45) is 0 Å². The highest BCUT2D eigenvalue weighted by Gasteiger charge is 2.20. The summed E-state index contributed by atoms with van der Waals surface area (Å²) < 4.78 is 6.11. The van der Waals surface area contributed by atoms with Gasteiger partial charge in [0.05, 0.1) is 24.3 Å². The average molecular weight is 363 g/mol. The highest BCUT2D eigenvalue weighted by Crippen LogP contribution is 2.05. The van der Waals surface area contributed by atoms with Crippen LogP contribution in [-0.4, -0.2) is 46.6 Å². The molecule has 25 heavy (non-hydrogen) atoms. The minimum absolute atomic E-state index is 0.0761. The lowest BCUT2D eigenvalue weighted by molar-refractivity contribution is -0.145. The van der Waals surface area contributed by atoms with E-state index in [4.69, 9.17) is 4.74 Å². The number of aromatic nitrogens is 2. The molecular weight excluding hydrogens is 342 g/mol. The Hall–Kier alpha value is -2.35. The fraction of sp³-hybridized carbons (Fsp3) is 0.412. The predicted octanol–water partition coefficient (Wildman–Crippen LogP) is 1.20. The Morgan fingerprint density at radius 1 is 1.36 bits per heavy atom. The third-order valence-corrected chi connectivity index (χ3v) is 4.39. The summed E-state index contributed by atoms with van der Waals surface area (Å²) in [4.78, 5) is 40.4. The number of rotatable bonds is 8. The number of para-hydroxylation sites is 1. The molecule has 1 aromatic heterocycles. The number of hydrogen-bond donors (Lipinski definition) is 1. The Bertz CT molecular complexity index is 806. The SMILES string of the molecule is COC(=O)C(CCSC)NC(=O)CCn1cnc2ccccc2c1=O. The van der Waals surface area contributed by atoms with Gasteiger partial charge in [-0.05, 0) is 30.6 Å². The molecule has 0 saturated carbocycles. The monoisotopic (exact) mass is 363 g/mol. The maximum Gasteiger partial charge on any atom is 0.328 e. The maximum absolute atomic E-state index is 12.4. The van der Waals surface area contributed by atoms with Gasteiger partial charge in [0.25, 0.3) is 5.56 Å². The number of esters is 1. The van der Waals surface area contributed by atoms with Crippen LogP contribution in [0.2, 0.25) is 0 Å². The molecule has 0 aliphatic heterocycles. The molecule has 1 unspecified atom stereocenters. The summed E-state index contributed by atoms with van der Waals surface area (Å²) in [6.07, 6.45) is 3.93. The standard InChI is InChI=1S/C17H21N3O4S/c1-24-17(23)14(8-10-25-2)19-15(21)7-9-20-11-18-13-6-4-3-5-12(13)16(20)22/h3-6,11,14H,7-10H2,1-2H3,(H,19,21). The van der Waals surface area contributed by atoms with Gasteiger partial charge < -0.3 is 10.1 Å². The molecule has 1 amide bonds. The lowest BCUT2D eigenvalue weighted by Gasteiger charge is -2.16. The number of ether oxygens (including phenoxy) is 1. The van der Waals surface area contributed by atoms with E-state index in [-0.39, 0.29) is 24.4 Å². The number of aryl methyl sites for hydroxylation is 1. The fourth-order valence-electron chi connectivity index (χ4n) is 2.38. The summed E-state index contributed by atoms with van der Waals surface area (Å²) in [7, 11) is 1.29. The molecule has 2 aromatic rings. The number of carbonyl (C=O) groups is 2. The van der Waals surface area contributed by atoms with Crippen LogP contribution in [-0.2, 0) is 20.9 Å². The van der Waals surface area contributed by atoms with E-state index in [1.807, 2.05) is 12.3 Å². The van der Waals surface area contributed by atoms with Crippen molar-refractivity contribution in [1.29, 1.82) is 0 Å². The van der Waals surface area contributed by atoms with E-state index in [9.17, 15) is 14.4 Å². The molecule has 134 valence electrons. The quantitative estimate of drug-likeness (QED) is 0.709. The Morgan fingerprint density at radius 2 is 2.12 bits per heavy atom. The minimum Gasteiger partial charge on any atom is -0.467 e. The van der Waals surface area contributed by atoms with Crippen LogP contribution in [0, 0.1) is 0 Å². The molecule has 1 heterocycles. The Labute approximate surface area is 149 Å². The van der Waals surface area contributed by atoms with Gasteiger partial charge in [-0.25, -0.2) is 9.78 Å². The largest absolute Gasteiger partial charge is 0.467 e. The van der Waals surface area contributed by atoms with E-state index in [1.54, 1.807) is 30.0 Å². The number of fused-ring (bicyclic) bond motifs is 1. The number of carbonyl (C=O) groups excluding carboxylic acids is 2. The molecule has 0 aliphatic rings. The van der Waals surface area contributed by atoms with Crippen LogP contribution in [0.3, 0.4) is 0 Å². The van der Waals surface area contributed by atoms with E-state index in [2.05, 4.69) is 10.3 Å². The summed E-state index contributed by atoms with van der Waals surface area (Å²) in [5.41, 5.74) is 0.432. The zero-order valence-electron chi connectivity index (χ0n) is 14.2. The molecular formula is C17H21N3O4S. The van der Waals surface area contributed by atoms with Crippen molar-refractivity contribution >= 4 is 34.5 Å². The van der Waals surface area contributed by atoms with Gasteiger partial charge in [-0.2, -0.15) is 11.8 Å². The predicted molar refractivity (Wildman–Crippen MR) is 97.6 cm³/mol. The van der Waals surface area contributed by atoms with Crippen LogP contribution in [0.4, 0.5) is 0 Å². The molecule has 1 N–H and O–H groups in total. The lowest BCUT2D eigenvalue weighted by atomic mass is 10.2. The first kappa shape index (κ1) is 19.0. The molecule has 1 aromatic carbocycles. The van der Waals surface area contributed by atoms with Crippen LogP contribution >= 0.6 is 11.8 Å². The van der Waals surface area contributed by atoms with Crippen LogP contribution in [0.15, 0.2) is 35.4 Å². The third kappa shape index (κ3) is 5.06. The Balaban J connectivity index is 2.00. The van der Waals surface area contributed by atoms with Crippen LogP contribution in [0.1, 0.15) is 12.8 Å². The normalized spacial score (nSPS) is 11.9. The van der Waals surface area contributed by atoms with Crippen molar-refractivity contribution in [2.75, 3.05) is 19.1 Å². The van der Waals surface area contributed by atoms with Gasteiger partial charge in [0.2, 0.25) is 5.91 Å². The third-order valence-electron chi connectivity index (χ3n) is 3.74. The fourth-order valence-corrected chi connectivity index (χ4v) is 2.85. The Kier molecular flexibility index (Phi) is 7.00. The molecule has 0 bridgehead atoms. The maximum atomic E-state index is 12.4. The van der Waals surface area contributed by atoms with Gasteiger partial charge in [-0.15, -0.1) is 0 Å². The summed E-state index contributed by atoms with van der Waals surface area (Å²) >= 11 is 1.59. The van der Waals surface area contributed by atoms with E-state index in [1.165, 1.54) is 18.0 Å². The van der Waals surface area contributed by atoms with Crippen LogP contribution in [0.5, 0.6) is 0 Å². The van der Waals surface area contributed by atoms with Crippen molar-refractivity contribution in [1.82, 2.24) is 14.9 Å². The topological polar surface area (TPSA) is 90.3 Å². The van der Waals surface area contributed by atoms with E-state index in [0.29, 0.717) is 17.3 Å². The highest BCUT2D eigenvalue weighted by molar-refractivity contribution is 7.98. The number of amides is 1. The lowest BCUT2D eigenvalue weighted by Crippen LogP contribution is -2.42. The number of thioether (sulfide) groups is 1. The van der Waals surface area contributed by atoms with Crippen molar-refractivity contribution in [3.63, 3.8) is 0 Å². The molecule has 0 fully saturated rings. The average Bonchev–Trinajstić information content (AvgIpc) is 2.64. The highest BCUT2D eigenvalue weighted by atomic mass is 32.2. The van der Waals surface area contributed by atoms with Crippen LogP contribution in [0.25, 0.3) is 10.9 Å². The minimum atomic E-state index is -0.670. The van der Waals surface area contributed by atoms with Crippen molar-refractivity contribution in [3.8, 4) is 0 Å². The first-order valence-corrected chi connectivity index (χ1v) is 9.26. The first-order valence-electron chi connectivity index (χ1n) is 7.87. The van der Waals surface area contributed by atoms with Gasteiger partial charge in [-0.3, -0.25) is 14.2 Å². The van der Waals surface area contributed by atoms with Gasteiger partial charge in [0, 0.05) is 13.0 Å². The second-order valence-corrected chi connectivity index (χ2v) is 6.42. The zero-order chi connectivity index (χ0) is 18.2. The second-order valence-electron chi connectivity index (χ2n) is 5.43. The Morgan fingerprint density at radius 3 is 2.84 bits per heavy atom. The number of nitrogens with zero attached hydrogens (tertiary/aromatic N) is 2. The zero-order valence-corrected chi connectivity index (χ0v) is 15.0. The number of hydrogen-bond acceptors (Lipinski definition) is 6. The van der Waals surface area contributed by atoms with Crippen molar-refractivity contribution in [2.45, 2.75) is 25.4 Å².